The molecule has 1 rings (SSSR count). The summed E-state index contributed by atoms with van der Waals surface area (Å²) in [6, 6.07) is 3.52. The Bertz CT molecular complexity index is 528. The summed E-state index contributed by atoms with van der Waals surface area (Å²) in [5.74, 6) is 0.420. The van der Waals surface area contributed by atoms with Gasteiger partial charge in [-0.1, -0.05) is 6.07 Å². The van der Waals surface area contributed by atoms with Crippen LogP contribution in [0.3, 0.4) is 0 Å². The molecule has 0 atom stereocenters. The molecule has 1 aromatic rings. The van der Waals surface area contributed by atoms with Gasteiger partial charge in [0, 0.05) is 32.8 Å². The van der Waals surface area contributed by atoms with Gasteiger partial charge in [-0.05, 0) is 18.6 Å². The van der Waals surface area contributed by atoms with Crippen molar-refractivity contribution in [2.45, 2.75) is 25.9 Å². The molecular weight excluding hydrogens is 311 g/mol. The van der Waals surface area contributed by atoms with Crippen molar-refractivity contribution in [3.63, 3.8) is 0 Å². The van der Waals surface area contributed by atoms with E-state index in [2.05, 4.69) is 25.9 Å². The monoisotopic (exact) mass is 331 g/mol. The zero-order valence-electron chi connectivity index (χ0n) is 13.0. The van der Waals surface area contributed by atoms with E-state index in [1.165, 1.54) is 7.05 Å². The molecule has 0 aliphatic rings. The zero-order chi connectivity index (χ0) is 17.3. The van der Waals surface area contributed by atoms with E-state index in [0.29, 0.717) is 5.82 Å². The van der Waals surface area contributed by atoms with Crippen molar-refractivity contribution in [2.75, 3.05) is 25.5 Å². The van der Waals surface area contributed by atoms with Gasteiger partial charge in [0.1, 0.15) is 5.82 Å². The molecule has 1 heterocycles. The predicted molar refractivity (Wildman–Crippen MR) is 82.3 cm³/mol. The first-order chi connectivity index (χ1) is 10.8. The van der Waals surface area contributed by atoms with Crippen LogP contribution in [0.5, 0.6) is 0 Å². The molecule has 9 heteroatoms. The third-order valence-electron chi connectivity index (χ3n) is 2.75. The largest absolute Gasteiger partial charge is 0.390 e. The standard InChI is InChI=1S/C14H20F3N5O/c1-10-3-4-11(21-9-10)22-12(23)5-7-19-13(18-2)20-8-6-14(15,16)17/h3-4,9H,5-8H2,1-2H3,(H2,18,19,20)(H,21,22,23). The summed E-state index contributed by atoms with van der Waals surface area (Å²) >= 11 is 0. The lowest BCUT2D eigenvalue weighted by Gasteiger charge is -2.12. The number of halogens is 3. The van der Waals surface area contributed by atoms with Gasteiger partial charge >= 0.3 is 6.18 Å². The van der Waals surface area contributed by atoms with Crippen LogP contribution < -0.4 is 16.0 Å². The highest BCUT2D eigenvalue weighted by molar-refractivity contribution is 5.90. The topological polar surface area (TPSA) is 78.4 Å². The van der Waals surface area contributed by atoms with Gasteiger partial charge in [-0.25, -0.2) is 4.98 Å². The normalized spacial score (nSPS) is 12.0. The minimum Gasteiger partial charge on any atom is -0.356 e. The van der Waals surface area contributed by atoms with E-state index in [4.69, 9.17) is 0 Å². The average molecular weight is 331 g/mol. The number of carbonyl (C=O) groups excluding carboxylic acids is 1. The molecule has 0 aliphatic carbocycles. The maximum Gasteiger partial charge on any atom is 0.390 e. The maximum atomic E-state index is 12.0. The van der Waals surface area contributed by atoms with Gasteiger partial charge in [0.05, 0.1) is 6.42 Å². The second-order valence-electron chi connectivity index (χ2n) is 4.81. The molecule has 0 aromatic carbocycles. The Balaban J connectivity index is 2.25. The van der Waals surface area contributed by atoms with Crippen LogP contribution in [0.15, 0.2) is 23.3 Å². The second-order valence-corrected chi connectivity index (χ2v) is 4.81. The fraction of sp³-hybridized carbons (Fsp3) is 0.500. The van der Waals surface area contributed by atoms with Crippen LogP contribution in [0.1, 0.15) is 18.4 Å². The number of aliphatic imine (C=N–C) groups is 1. The molecule has 23 heavy (non-hydrogen) atoms. The first-order valence-corrected chi connectivity index (χ1v) is 7.04. The molecule has 3 N–H and O–H groups in total. The summed E-state index contributed by atoms with van der Waals surface area (Å²) < 4.78 is 36.1. The van der Waals surface area contributed by atoms with Crippen molar-refractivity contribution >= 4 is 17.7 Å². The Morgan fingerprint density at radius 2 is 1.96 bits per heavy atom. The van der Waals surface area contributed by atoms with Gasteiger partial charge in [0.25, 0.3) is 0 Å². The third-order valence-corrected chi connectivity index (χ3v) is 2.75. The number of anilines is 1. The lowest BCUT2D eigenvalue weighted by atomic mass is 10.3. The highest BCUT2D eigenvalue weighted by Gasteiger charge is 2.26. The van der Waals surface area contributed by atoms with E-state index < -0.39 is 12.6 Å². The van der Waals surface area contributed by atoms with Gasteiger partial charge in [0.2, 0.25) is 5.91 Å². The first kappa shape index (κ1) is 18.7. The SMILES string of the molecule is CN=C(NCCC(=O)Nc1ccc(C)cn1)NCCC(F)(F)F. The number of pyridine rings is 1. The molecule has 0 saturated carbocycles. The van der Waals surface area contributed by atoms with E-state index in [9.17, 15) is 18.0 Å². The van der Waals surface area contributed by atoms with Crippen molar-refractivity contribution in [1.82, 2.24) is 15.6 Å². The Hall–Kier alpha value is -2.32. The quantitative estimate of drug-likeness (QED) is 0.549. The Labute approximate surface area is 132 Å². The highest BCUT2D eigenvalue weighted by atomic mass is 19.4. The summed E-state index contributed by atoms with van der Waals surface area (Å²) in [4.78, 5) is 19.5. The number of guanidine groups is 1. The molecule has 0 unspecified atom stereocenters. The minimum atomic E-state index is -4.22. The van der Waals surface area contributed by atoms with Crippen molar-refractivity contribution in [2.24, 2.45) is 4.99 Å². The van der Waals surface area contributed by atoms with Crippen LogP contribution >= 0.6 is 0 Å². The molecular formula is C14H20F3N5O. The number of hydrogen-bond acceptors (Lipinski definition) is 3. The molecule has 1 amide bonds. The molecule has 0 fully saturated rings. The number of alkyl halides is 3. The van der Waals surface area contributed by atoms with Crippen molar-refractivity contribution in [1.29, 1.82) is 0 Å². The number of carbonyl (C=O) groups is 1. The van der Waals surface area contributed by atoms with Crippen LogP contribution in [0.25, 0.3) is 0 Å². The lowest BCUT2D eigenvalue weighted by Crippen LogP contribution is -2.40. The number of aryl methyl sites for hydroxylation is 1. The number of amides is 1. The van der Waals surface area contributed by atoms with E-state index >= 15 is 0 Å². The number of nitrogens with zero attached hydrogens (tertiary/aromatic N) is 2. The summed E-state index contributed by atoms with van der Waals surface area (Å²) in [6.45, 7) is 1.85. The van der Waals surface area contributed by atoms with Gasteiger partial charge in [-0.15, -0.1) is 0 Å². The first-order valence-electron chi connectivity index (χ1n) is 7.04. The number of nitrogens with one attached hydrogen (secondary N) is 3. The van der Waals surface area contributed by atoms with Gasteiger partial charge in [0.15, 0.2) is 5.96 Å². The maximum absolute atomic E-state index is 12.0. The lowest BCUT2D eigenvalue weighted by molar-refractivity contribution is -0.132. The van der Waals surface area contributed by atoms with E-state index in [-0.39, 0.29) is 31.4 Å². The van der Waals surface area contributed by atoms with Crippen molar-refractivity contribution < 1.29 is 18.0 Å². The third kappa shape index (κ3) is 8.64. The average Bonchev–Trinajstić information content (AvgIpc) is 2.47. The Kier molecular flexibility index (Phi) is 7.30. The van der Waals surface area contributed by atoms with E-state index in [1.54, 1.807) is 12.3 Å². The Morgan fingerprint density at radius 1 is 1.26 bits per heavy atom. The smallest absolute Gasteiger partial charge is 0.356 e. The van der Waals surface area contributed by atoms with Gasteiger partial charge in [-0.2, -0.15) is 13.2 Å². The fourth-order valence-electron chi connectivity index (χ4n) is 1.58. The van der Waals surface area contributed by atoms with Crippen LogP contribution in [0, 0.1) is 6.92 Å². The molecule has 0 bridgehead atoms. The summed E-state index contributed by atoms with van der Waals surface area (Å²) in [5, 5.41) is 7.93. The van der Waals surface area contributed by atoms with Crippen molar-refractivity contribution in [3.8, 4) is 0 Å². The summed E-state index contributed by atoms with van der Waals surface area (Å²) in [6.07, 6.45) is -3.39. The molecule has 1 aromatic heterocycles. The molecule has 128 valence electrons. The van der Waals surface area contributed by atoms with Crippen LogP contribution in [0.2, 0.25) is 0 Å². The van der Waals surface area contributed by atoms with Crippen LogP contribution in [0.4, 0.5) is 19.0 Å². The van der Waals surface area contributed by atoms with Crippen LogP contribution in [-0.4, -0.2) is 43.2 Å². The number of hydrogen-bond donors (Lipinski definition) is 3. The van der Waals surface area contributed by atoms with Gasteiger partial charge < -0.3 is 16.0 Å². The Morgan fingerprint density at radius 3 is 2.52 bits per heavy atom. The highest BCUT2D eigenvalue weighted by Crippen LogP contribution is 2.17. The molecule has 0 saturated heterocycles. The van der Waals surface area contributed by atoms with Gasteiger partial charge in [-0.3, -0.25) is 9.79 Å². The van der Waals surface area contributed by atoms with E-state index in [1.807, 2.05) is 13.0 Å². The summed E-state index contributed by atoms with van der Waals surface area (Å²) in [7, 11) is 1.44. The van der Waals surface area contributed by atoms with E-state index in [0.717, 1.165) is 5.56 Å². The van der Waals surface area contributed by atoms with Crippen LogP contribution in [-0.2, 0) is 4.79 Å². The molecule has 6 nitrogen and oxygen atoms in total. The van der Waals surface area contributed by atoms with Crippen molar-refractivity contribution in [3.05, 3.63) is 23.9 Å². The summed E-state index contributed by atoms with van der Waals surface area (Å²) in [5.41, 5.74) is 0.985. The fourth-order valence-corrected chi connectivity index (χ4v) is 1.58. The molecule has 0 spiro atoms. The zero-order valence-corrected chi connectivity index (χ0v) is 13.0. The predicted octanol–water partition coefficient (Wildman–Crippen LogP) is 1.84. The molecule has 0 aliphatic heterocycles. The minimum absolute atomic E-state index is 0.134. The molecule has 0 radical (unpaired) electrons. The number of aromatic nitrogens is 1. The number of rotatable bonds is 6. The second kappa shape index (κ2) is 8.96.